The Morgan fingerprint density at radius 1 is 0.917 bits per heavy atom. The van der Waals surface area contributed by atoms with E-state index in [1.54, 1.807) is 0 Å². The van der Waals surface area contributed by atoms with Gasteiger partial charge in [0.25, 0.3) is 0 Å². The zero-order chi connectivity index (χ0) is 17.5. The van der Waals surface area contributed by atoms with Crippen molar-refractivity contribution < 1.29 is 4.48 Å². The molecule has 1 unspecified atom stereocenters. The lowest BCUT2D eigenvalue weighted by Crippen LogP contribution is -2.35. The molecule has 0 aliphatic carbocycles. The van der Waals surface area contributed by atoms with Crippen LogP contribution >= 0.6 is 31.9 Å². The summed E-state index contributed by atoms with van der Waals surface area (Å²) in [5, 5.41) is 2.64. The Balaban J connectivity index is 2.05. The van der Waals surface area contributed by atoms with Crippen LogP contribution in [0.25, 0.3) is 21.8 Å². The van der Waals surface area contributed by atoms with E-state index < -0.39 is 0 Å². The second kappa shape index (κ2) is 6.81. The first kappa shape index (κ1) is 18.0. The topological polar surface area (TPSA) is 4.93 Å². The molecule has 0 aliphatic heterocycles. The Morgan fingerprint density at radius 3 is 1.88 bits per heavy atom. The van der Waals surface area contributed by atoms with E-state index in [0.29, 0.717) is 6.04 Å². The lowest BCUT2D eigenvalue weighted by molar-refractivity contribution is -0.870. The van der Waals surface area contributed by atoms with Crippen molar-refractivity contribution in [2.45, 2.75) is 25.8 Å². The van der Waals surface area contributed by atoms with Crippen molar-refractivity contribution in [1.82, 2.24) is 4.57 Å². The highest BCUT2D eigenvalue weighted by atomic mass is 79.9. The Kier molecular flexibility index (Phi) is 5.10. The quantitative estimate of drug-likeness (QED) is 0.396. The molecule has 1 atom stereocenters. The van der Waals surface area contributed by atoms with Crippen LogP contribution in [0.4, 0.5) is 0 Å². The molecular weight excluding hydrogens is 428 g/mol. The van der Waals surface area contributed by atoms with Crippen molar-refractivity contribution in [2.75, 3.05) is 27.7 Å². The van der Waals surface area contributed by atoms with E-state index in [1.807, 2.05) is 0 Å². The van der Waals surface area contributed by atoms with Gasteiger partial charge in [0.2, 0.25) is 0 Å². The zero-order valence-corrected chi connectivity index (χ0v) is 18.0. The maximum Gasteiger partial charge on any atom is 0.0781 e. The van der Waals surface area contributed by atoms with Gasteiger partial charge in [-0.05, 0) is 56.2 Å². The Labute approximate surface area is 161 Å². The second-order valence-electron chi connectivity index (χ2n) is 7.70. The first-order valence-corrected chi connectivity index (χ1v) is 10.0. The fraction of sp³-hybridized carbons (Fsp3) is 0.400. The lowest BCUT2D eigenvalue weighted by Gasteiger charge is -2.25. The molecule has 0 radical (unpaired) electrons. The molecule has 3 aromatic rings. The summed E-state index contributed by atoms with van der Waals surface area (Å²) >= 11 is 7.25. The molecule has 4 heteroatoms. The third-order valence-electron chi connectivity index (χ3n) is 4.62. The highest BCUT2D eigenvalue weighted by Crippen LogP contribution is 2.36. The van der Waals surface area contributed by atoms with Crippen molar-refractivity contribution in [3.63, 3.8) is 0 Å². The molecule has 128 valence electrons. The average molecular weight is 453 g/mol. The van der Waals surface area contributed by atoms with Crippen LogP contribution in [-0.2, 0) is 0 Å². The summed E-state index contributed by atoms with van der Waals surface area (Å²) in [7, 11) is 6.79. The third-order valence-corrected chi connectivity index (χ3v) is 5.60. The molecule has 2 aromatic carbocycles. The first-order chi connectivity index (χ1) is 11.3. The van der Waals surface area contributed by atoms with Crippen LogP contribution in [0, 0.1) is 0 Å². The van der Waals surface area contributed by atoms with Gasteiger partial charge in [0.15, 0.2) is 0 Å². The number of rotatable bonds is 5. The number of nitrogens with zero attached hydrogens (tertiary/aromatic N) is 2. The Hall–Kier alpha value is -0.840. The molecule has 0 bridgehead atoms. The molecular formula is C20H25Br2N2+. The van der Waals surface area contributed by atoms with Crippen molar-refractivity contribution in [3.05, 3.63) is 45.3 Å². The fourth-order valence-electron chi connectivity index (χ4n) is 3.46. The number of benzene rings is 2. The van der Waals surface area contributed by atoms with Crippen LogP contribution < -0.4 is 0 Å². The maximum absolute atomic E-state index is 3.62. The number of hydrogen-bond acceptors (Lipinski definition) is 0. The predicted octanol–water partition coefficient (Wildman–Crippen LogP) is 6.37. The molecule has 0 aliphatic rings. The van der Waals surface area contributed by atoms with Crippen LogP contribution in [0.1, 0.15) is 25.8 Å². The SMILES string of the molecule is CC(CCC[N+](C)(C)C)n1c2ccc(Br)cc2c2cc(Br)ccc21. The highest BCUT2D eigenvalue weighted by molar-refractivity contribution is 9.10. The van der Waals surface area contributed by atoms with E-state index in [0.717, 1.165) is 13.4 Å². The van der Waals surface area contributed by atoms with E-state index in [9.17, 15) is 0 Å². The van der Waals surface area contributed by atoms with Gasteiger partial charge in [-0.25, -0.2) is 0 Å². The van der Waals surface area contributed by atoms with Crippen molar-refractivity contribution >= 4 is 53.7 Å². The minimum atomic E-state index is 0.485. The van der Waals surface area contributed by atoms with Crippen molar-refractivity contribution in [3.8, 4) is 0 Å². The van der Waals surface area contributed by atoms with E-state index >= 15 is 0 Å². The molecule has 2 nitrogen and oxygen atoms in total. The molecule has 3 rings (SSSR count). The van der Waals surface area contributed by atoms with E-state index in [4.69, 9.17) is 0 Å². The van der Waals surface area contributed by atoms with E-state index in [-0.39, 0.29) is 0 Å². The number of quaternary nitrogens is 1. The smallest absolute Gasteiger partial charge is 0.0781 e. The summed E-state index contributed by atoms with van der Waals surface area (Å²) in [5.74, 6) is 0. The molecule has 0 spiro atoms. The Morgan fingerprint density at radius 2 is 1.42 bits per heavy atom. The second-order valence-corrected chi connectivity index (χ2v) is 9.53. The molecule has 0 amide bonds. The molecule has 0 saturated heterocycles. The largest absolute Gasteiger partial charge is 0.338 e. The minimum absolute atomic E-state index is 0.485. The monoisotopic (exact) mass is 451 g/mol. The molecule has 0 saturated carbocycles. The number of aromatic nitrogens is 1. The summed E-state index contributed by atoms with van der Waals surface area (Å²) in [5.41, 5.74) is 2.65. The van der Waals surface area contributed by atoms with Crippen LogP contribution in [0.15, 0.2) is 45.3 Å². The number of halogens is 2. The highest BCUT2D eigenvalue weighted by Gasteiger charge is 2.17. The standard InChI is InChI=1S/C20H25Br2N2/c1-14(6-5-11-24(2,3)4)23-19-9-7-15(21)12-17(19)18-13-16(22)8-10-20(18)23/h7-10,12-14H,5-6,11H2,1-4H3/q+1. The average Bonchev–Trinajstić information content (AvgIpc) is 2.79. The van der Waals surface area contributed by atoms with Gasteiger partial charge >= 0.3 is 0 Å². The van der Waals surface area contributed by atoms with Crippen LogP contribution in [0.2, 0.25) is 0 Å². The van der Waals surface area contributed by atoms with Crippen LogP contribution in [-0.4, -0.2) is 36.7 Å². The fourth-order valence-corrected chi connectivity index (χ4v) is 4.19. The minimum Gasteiger partial charge on any atom is -0.338 e. The predicted molar refractivity (Wildman–Crippen MR) is 112 cm³/mol. The van der Waals surface area contributed by atoms with E-state index in [1.165, 1.54) is 41.2 Å². The normalized spacial score (nSPS) is 13.8. The van der Waals surface area contributed by atoms with Gasteiger partial charge in [-0.3, -0.25) is 0 Å². The van der Waals surface area contributed by atoms with Crippen molar-refractivity contribution in [2.24, 2.45) is 0 Å². The van der Waals surface area contributed by atoms with Gasteiger partial charge in [-0.15, -0.1) is 0 Å². The van der Waals surface area contributed by atoms with Gasteiger partial charge in [-0.2, -0.15) is 0 Å². The van der Waals surface area contributed by atoms with Crippen LogP contribution in [0.3, 0.4) is 0 Å². The molecule has 1 aromatic heterocycles. The van der Waals surface area contributed by atoms with Gasteiger partial charge < -0.3 is 9.05 Å². The number of fused-ring (bicyclic) bond motifs is 3. The molecule has 24 heavy (non-hydrogen) atoms. The zero-order valence-electron chi connectivity index (χ0n) is 14.8. The first-order valence-electron chi connectivity index (χ1n) is 8.45. The summed E-state index contributed by atoms with van der Waals surface area (Å²) in [4.78, 5) is 0. The van der Waals surface area contributed by atoms with Gasteiger partial charge in [-0.1, -0.05) is 31.9 Å². The molecule has 1 heterocycles. The summed E-state index contributed by atoms with van der Waals surface area (Å²) in [6.07, 6.45) is 2.43. The summed E-state index contributed by atoms with van der Waals surface area (Å²) in [6.45, 7) is 3.55. The lowest BCUT2D eigenvalue weighted by atomic mass is 10.1. The molecule has 0 fully saturated rings. The summed E-state index contributed by atoms with van der Waals surface area (Å²) in [6, 6.07) is 13.7. The van der Waals surface area contributed by atoms with Gasteiger partial charge in [0, 0.05) is 36.8 Å². The van der Waals surface area contributed by atoms with E-state index in [2.05, 4.69) is 101 Å². The Bertz CT molecular complexity index is 815. The summed E-state index contributed by atoms with van der Waals surface area (Å²) < 4.78 is 5.80. The van der Waals surface area contributed by atoms with Crippen LogP contribution in [0.5, 0.6) is 0 Å². The van der Waals surface area contributed by atoms with Gasteiger partial charge in [0.05, 0.1) is 27.7 Å². The number of hydrogen-bond donors (Lipinski definition) is 0. The third kappa shape index (κ3) is 3.71. The molecule has 0 N–H and O–H groups in total. The maximum atomic E-state index is 3.62. The van der Waals surface area contributed by atoms with Crippen molar-refractivity contribution in [1.29, 1.82) is 0 Å². The van der Waals surface area contributed by atoms with Gasteiger partial charge in [0.1, 0.15) is 0 Å².